The van der Waals surface area contributed by atoms with E-state index in [1.54, 1.807) is 0 Å². The molecule has 9 heteroatoms. The van der Waals surface area contributed by atoms with Crippen molar-refractivity contribution in [3.8, 4) is 0 Å². The molecule has 68 valence electrons. The lowest BCUT2D eigenvalue weighted by atomic mass is 10.9. The van der Waals surface area contributed by atoms with Crippen molar-refractivity contribution in [2.75, 3.05) is 6.61 Å². The summed E-state index contributed by atoms with van der Waals surface area (Å²) in [5.74, 6) is 0. The van der Waals surface area contributed by atoms with Gasteiger partial charge in [0.2, 0.25) is 10.1 Å². The minimum Gasteiger partial charge on any atom is -0.441 e. The van der Waals surface area contributed by atoms with Crippen LogP contribution < -0.4 is 0 Å². The minimum atomic E-state index is -1.62. The molecule has 0 saturated carbocycles. The van der Waals surface area contributed by atoms with Gasteiger partial charge in [0, 0.05) is 0 Å². The van der Waals surface area contributed by atoms with Gasteiger partial charge in [0.25, 0.3) is 5.12 Å². The number of hydrazine groups is 2. The molecule has 0 N–H and O–H groups in total. The Morgan fingerprint density at radius 2 is 1.83 bits per heavy atom. The fraction of sp³-hybridized carbons (Fsp3) is 0.667. The largest absolute Gasteiger partial charge is 0.541 e. The average molecular weight is 179 g/mol. The van der Waals surface area contributed by atoms with Gasteiger partial charge < -0.3 is 4.74 Å². The number of hydrogen-bond donors (Lipinski definition) is 0. The summed E-state index contributed by atoms with van der Waals surface area (Å²) in [4.78, 5) is 30.1. The summed E-state index contributed by atoms with van der Waals surface area (Å²) in [6.45, 7) is 1.20. The van der Waals surface area contributed by atoms with Gasteiger partial charge in [0.15, 0.2) is 0 Å². The second-order valence-electron chi connectivity index (χ2n) is 1.46. The summed E-state index contributed by atoms with van der Waals surface area (Å²) in [6, 6.07) is 0. The maximum Gasteiger partial charge on any atom is 0.541 e. The first-order valence-corrected chi connectivity index (χ1v) is 2.76. The quantitative estimate of drug-likeness (QED) is 0.438. The zero-order valence-corrected chi connectivity index (χ0v) is 6.00. The summed E-state index contributed by atoms with van der Waals surface area (Å²) in [5, 5.41) is 15.9. The number of nitrogens with zero attached hydrogens (tertiary/aromatic N) is 3. The van der Waals surface area contributed by atoms with Crippen molar-refractivity contribution in [2.24, 2.45) is 0 Å². The molecule has 0 spiro atoms. The van der Waals surface area contributed by atoms with Crippen molar-refractivity contribution in [2.45, 2.75) is 6.92 Å². The number of carbonyl (C=O) groups excluding carboxylic acids is 1. The lowest BCUT2D eigenvalue weighted by Crippen LogP contribution is -2.41. The van der Waals surface area contributed by atoms with Gasteiger partial charge >= 0.3 is 6.09 Å². The molecular weight excluding hydrogens is 174 g/mol. The number of rotatable bonds is 3. The van der Waals surface area contributed by atoms with Crippen LogP contribution in [0.2, 0.25) is 0 Å². The van der Waals surface area contributed by atoms with Crippen LogP contribution in [0.15, 0.2) is 0 Å². The van der Waals surface area contributed by atoms with E-state index in [-0.39, 0.29) is 6.61 Å². The normalized spacial score (nSPS) is 8.75. The molecule has 0 aromatic heterocycles. The van der Waals surface area contributed by atoms with Gasteiger partial charge in [-0.3, -0.25) is 0 Å². The van der Waals surface area contributed by atoms with E-state index in [1.165, 1.54) is 6.92 Å². The van der Waals surface area contributed by atoms with E-state index in [2.05, 4.69) is 4.74 Å². The summed E-state index contributed by atoms with van der Waals surface area (Å²) in [7, 11) is 0. The molecule has 0 unspecified atom stereocenters. The summed E-state index contributed by atoms with van der Waals surface area (Å²) in [5.41, 5.74) is 0. The summed E-state index contributed by atoms with van der Waals surface area (Å²) in [6.07, 6.45) is -1.62. The van der Waals surface area contributed by atoms with E-state index in [0.717, 1.165) is 0 Å². The number of amides is 1. The van der Waals surface area contributed by atoms with Crippen LogP contribution in [0, 0.1) is 20.2 Å². The highest BCUT2D eigenvalue weighted by Gasteiger charge is 2.38. The van der Waals surface area contributed by atoms with Gasteiger partial charge in [-0.2, -0.15) is 0 Å². The number of carbonyl (C=O) groups is 1. The van der Waals surface area contributed by atoms with Crippen LogP contribution in [0.3, 0.4) is 0 Å². The first kappa shape index (κ1) is 10.1. The Hall–Kier alpha value is -1.93. The molecule has 1 amide bonds. The molecule has 12 heavy (non-hydrogen) atoms. The van der Waals surface area contributed by atoms with E-state index in [0.29, 0.717) is 0 Å². The third-order valence-corrected chi connectivity index (χ3v) is 0.740. The van der Waals surface area contributed by atoms with Crippen molar-refractivity contribution >= 4 is 6.09 Å². The van der Waals surface area contributed by atoms with Crippen LogP contribution in [0.1, 0.15) is 6.92 Å². The van der Waals surface area contributed by atoms with Gasteiger partial charge in [0.05, 0.1) is 6.61 Å². The van der Waals surface area contributed by atoms with Crippen molar-refractivity contribution in [1.29, 1.82) is 0 Å². The lowest BCUT2D eigenvalue weighted by Gasteiger charge is -2.00. The Labute approximate surface area is 65.8 Å². The van der Waals surface area contributed by atoms with Gasteiger partial charge in [0.1, 0.15) is 0 Å². The maximum absolute atomic E-state index is 10.4. The highest BCUT2D eigenvalue weighted by Crippen LogP contribution is 1.93. The molecule has 0 bridgehead atoms. The molecular formula is C3H5N3O6. The predicted molar refractivity (Wildman–Crippen MR) is 32.8 cm³/mol. The zero-order valence-electron chi connectivity index (χ0n) is 6.00. The van der Waals surface area contributed by atoms with Gasteiger partial charge in [-0.1, -0.05) is 0 Å². The topological polar surface area (TPSA) is 116 Å². The Kier molecular flexibility index (Phi) is 3.40. The maximum atomic E-state index is 10.4. The highest BCUT2D eigenvalue weighted by molar-refractivity contribution is 5.64. The average Bonchev–Trinajstić information content (AvgIpc) is 1.85. The van der Waals surface area contributed by atoms with E-state index < -0.39 is 21.3 Å². The summed E-state index contributed by atoms with van der Waals surface area (Å²) < 4.78 is 4.03. The number of hydrogen-bond acceptors (Lipinski definition) is 6. The molecule has 0 fully saturated rings. The molecule has 0 rings (SSSR count). The molecule has 0 saturated heterocycles. The van der Waals surface area contributed by atoms with Crippen LogP contribution in [0.5, 0.6) is 0 Å². The number of ether oxygens (including phenoxy) is 1. The van der Waals surface area contributed by atoms with Crippen LogP contribution in [0.4, 0.5) is 4.79 Å². The lowest BCUT2D eigenvalue weighted by molar-refractivity contribution is -0.885. The van der Waals surface area contributed by atoms with Gasteiger partial charge in [-0.05, 0) is 6.92 Å². The summed E-state index contributed by atoms with van der Waals surface area (Å²) >= 11 is 0. The molecule has 0 heterocycles. The second kappa shape index (κ2) is 4.05. The monoisotopic (exact) mass is 179 g/mol. The van der Waals surface area contributed by atoms with Gasteiger partial charge in [-0.15, -0.1) is 0 Å². The van der Waals surface area contributed by atoms with Crippen molar-refractivity contribution < 1.29 is 19.6 Å². The third-order valence-electron chi connectivity index (χ3n) is 0.740. The minimum absolute atomic E-state index is 0.170. The van der Waals surface area contributed by atoms with E-state index in [1.807, 2.05) is 0 Å². The molecule has 0 radical (unpaired) electrons. The Balaban J connectivity index is 4.41. The molecule has 0 aliphatic heterocycles. The van der Waals surface area contributed by atoms with E-state index in [4.69, 9.17) is 0 Å². The predicted octanol–water partition coefficient (Wildman–Crippen LogP) is -0.172. The van der Waals surface area contributed by atoms with Crippen molar-refractivity contribution in [1.82, 2.24) is 5.12 Å². The smallest absolute Gasteiger partial charge is 0.441 e. The van der Waals surface area contributed by atoms with Crippen LogP contribution in [-0.4, -0.2) is 27.9 Å². The van der Waals surface area contributed by atoms with E-state index >= 15 is 0 Å². The molecule has 0 aliphatic carbocycles. The Morgan fingerprint density at radius 3 is 2.08 bits per heavy atom. The van der Waals surface area contributed by atoms with Crippen LogP contribution in [-0.2, 0) is 4.74 Å². The number of nitro groups is 2. The van der Waals surface area contributed by atoms with Crippen LogP contribution >= 0.6 is 0 Å². The molecule has 0 atom stereocenters. The SMILES string of the molecule is CCOC(=O)N([N+](=O)[O-])[N+](=O)[O-]. The second-order valence-corrected chi connectivity index (χ2v) is 1.46. The Bertz CT molecular complexity index is 200. The first-order chi connectivity index (χ1) is 5.50. The van der Waals surface area contributed by atoms with Crippen molar-refractivity contribution in [3.05, 3.63) is 20.2 Å². The first-order valence-electron chi connectivity index (χ1n) is 2.76. The highest BCUT2D eigenvalue weighted by atomic mass is 16.8. The standard InChI is InChI=1S/C3H5N3O6/c1-2-12-3(7)4(5(8)9)6(10)11/h2H2,1H3. The zero-order chi connectivity index (χ0) is 9.72. The molecule has 9 nitrogen and oxygen atoms in total. The molecule has 0 aliphatic rings. The third kappa shape index (κ3) is 2.36. The van der Waals surface area contributed by atoms with Crippen molar-refractivity contribution in [3.63, 3.8) is 0 Å². The van der Waals surface area contributed by atoms with Crippen LogP contribution in [0.25, 0.3) is 0 Å². The van der Waals surface area contributed by atoms with Gasteiger partial charge in [-0.25, -0.2) is 25.0 Å². The fourth-order valence-corrected chi connectivity index (χ4v) is 0.374. The fourth-order valence-electron chi connectivity index (χ4n) is 0.374. The Morgan fingerprint density at radius 1 is 1.42 bits per heavy atom. The van der Waals surface area contributed by atoms with E-state index in [9.17, 15) is 25.0 Å². The molecule has 0 aromatic carbocycles. The molecule has 0 aromatic rings.